The van der Waals surface area contributed by atoms with Crippen LogP contribution in [0.15, 0.2) is 66.0 Å². The molecular formula is C21H16ClN3O3S. The molecule has 1 aliphatic rings. The van der Waals surface area contributed by atoms with E-state index < -0.39 is 17.9 Å². The van der Waals surface area contributed by atoms with Crippen LogP contribution in [-0.2, 0) is 9.59 Å². The standard InChI is InChI=1S/C21H16ClN3O3S/c22-13-5-3-6-14(11-13)23-19(26)12-17-20(27)24-15-7-1-2-8-16(15)25(17)21(28)18-9-4-10-29-18/h1-11,17H,12H2,(H,23,26)(H,24,27). The minimum absolute atomic E-state index is 0.191. The number of nitrogens with one attached hydrogen (secondary N) is 2. The van der Waals surface area contributed by atoms with Gasteiger partial charge in [0.15, 0.2) is 0 Å². The highest BCUT2D eigenvalue weighted by atomic mass is 35.5. The van der Waals surface area contributed by atoms with Crippen molar-refractivity contribution in [1.29, 1.82) is 0 Å². The second-order valence-electron chi connectivity index (χ2n) is 6.44. The Balaban J connectivity index is 1.63. The van der Waals surface area contributed by atoms with Crippen molar-refractivity contribution in [1.82, 2.24) is 0 Å². The molecule has 4 rings (SSSR count). The van der Waals surface area contributed by atoms with E-state index in [4.69, 9.17) is 11.6 Å². The lowest BCUT2D eigenvalue weighted by atomic mass is 10.0. The van der Waals surface area contributed by atoms with E-state index in [1.54, 1.807) is 66.0 Å². The predicted molar refractivity (Wildman–Crippen MR) is 115 cm³/mol. The number of hydrogen-bond acceptors (Lipinski definition) is 4. The van der Waals surface area contributed by atoms with E-state index in [1.165, 1.54) is 16.2 Å². The molecule has 1 unspecified atom stereocenters. The number of amides is 3. The van der Waals surface area contributed by atoms with Gasteiger partial charge in [0.25, 0.3) is 5.91 Å². The van der Waals surface area contributed by atoms with Gasteiger partial charge in [-0.05, 0) is 41.8 Å². The zero-order valence-electron chi connectivity index (χ0n) is 15.1. The summed E-state index contributed by atoms with van der Waals surface area (Å²) >= 11 is 7.24. The van der Waals surface area contributed by atoms with E-state index in [0.717, 1.165) is 0 Å². The maximum Gasteiger partial charge on any atom is 0.269 e. The molecular weight excluding hydrogens is 410 g/mol. The zero-order chi connectivity index (χ0) is 20.4. The highest BCUT2D eigenvalue weighted by Crippen LogP contribution is 2.34. The summed E-state index contributed by atoms with van der Waals surface area (Å²) < 4.78 is 0. The van der Waals surface area contributed by atoms with Gasteiger partial charge in [-0.3, -0.25) is 19.3 Å². The number of benzene rings is 2. The molecule has 3 aromatic rings. The molecule has 0 radical (unpaired) electrons. The number of carbonyl (C=O) groups is 3. The summed E-state index contributed by atoms with van der Waals surface area (Å²) in [7, 11) is 0. The Morgan fingerprint density at radius 1 is 1.10 bits per heavy atom. The highest BCUT2D eigenvalue weighted by Gasteiger charge is 2.38. The molecule has 0 saturated carbocycles. The maximum atomic E-state index is 13.2. The fourth-order valence-electron chi connectivity index (χ4n) is 3.20. The Morgan fingerprint density at radius 2 is 1.93 bits per heavy atom. The van der Waals surface area contributed by atoms with Crippen molar-refractivity contribution in [3.8, 4) is 0 Å². The molecule has 1 aliphatic heterocycles. The monoisotopic (exact) mass is 425 g/mol. The molecule has 1 atom stereocenters. The molecule has 2 N–H and O–H groups in total. The summed E-state index contributed by atoms with van der Waals surface area (Å²) in [5.74, 6) is -1.12. The molecule has 8 heteroatoms. The third kappa shape index (κ3) is 4.01. The quantitative estimate of drug-likeness (QED) is 0.650. The van der Waals surface area contributed by atoms with Crippen LogP contribution in [0.4, 0.5) is 17.1 Å². The van der Waals surface area contributed by atoms with Gasteiger partial charge < -0.3 is 10.6 Å². The molecule has 2 heterocycles. The van der Waals surface area contributed by atoms with Crippen LogP contribution >= 0.6 is 22.9 Å². The molecule has 0 saturated heterocycles. The van der Waals surface area contributed by atoms with Crippen LogP contribution in [0.1, 0.15) is 16.1 Å². The van der Waals surface area contributed by atoms with E-state index in [-0.39, 0.29) is 12.3 Å². The largest absolute Gasteiger partial charge is 0.326 e. The molecule has 29 heavy (non-hydrogen) atoms. The van der Waals surface area contributed by atoms with E-state index in [0.29, 0.717) is 27.0 Å². The van der Waals surface area contributed by atoms with Crippen molar-refractivity contribution in [2.24, 2.45) is 0 Å². The number of hydrogen-bond donors (Lipinski definition) is 2. The van der Waals surface area contributed by atoms with Gasteiger partial charge in [0.1, 0.15) is 6.04 Å². The highest BCUT2D eigenvalue weighted by molar-refractivity contribution is 7.12. The Morgan fingerprint density at radius 3 is 2.69 bits per heavy atom. The molecule has 146 valence electrons. The van der Waals surface area contributed by atoms with Gasteiger partial charge in [-0.15, -0.1) is 11.3 Å². The number of nitrogens with zero attached hydrogens (tertiary/aromatic N) is 1. The lowest BCUT2D eigenvalue weighted by Crippen LogP contribution is -2.52. The lowest BCUT2D eigenvalue weighted by Gasteiger charge is -2.35. The Hall–Kier alpha value is -3.16. The summed E-state index contributed by atoms with van der Waals surface area (Å²) in [6.45, 7) is 0. The Bertz CT molecular complexity index is 1080. The zero-order valence-corrected chi connectivity index (χ0v) is 16.7. The summed E-state index contributed by atoms with van der Waals surface area (Å²) in [5, 5.41) is 7.80. The van der Waals surface area contributed by atoms with E-state index in [9.17, 15) is 14.4 Å². The maximum absolute atomic E-state index is 13.2. The topological polar surface area (TPSA) is 78.5 Å². The lowest BCUT2D eigenvalue weighted by molar-refractivity contribution is -0.122. The molecule has 0 fully saturated rings. The summed E-state index contributed by atoms with van der Waals surface area (Å²) in [5.41, 5.74) is 1.62. The number of anilines is 3. The number of carbonyl (C=O) groups excluding carboxylic acids is 3. The van der Waals surface area contributed by atoms with Crippen LogP contribution in [0.5, 0.6) is 0 Å². The number of para-hydroxylation sites is 2. The van der Waals surface area contributed by atoms with Crippen molar-refractivity contribution in [3.63, 3.8) is 0 Å². The number of halogens is 1. The van der Waals surface area contributed by atoms with E-state index in [1.807, 2.05) is 0 Å². The second kappa shape index (κ2) is 8.06. The average molecular weight is 426 g/mol. The normalized spacial score (nSPS) is 15.4. The van der Waals surface area contributed by atoms with Gasteiger partial charge in [-0.25, -0.2) is 0 Å². The van der Waals surface area contributed by atoms with Crippen LogP contribution in [0.3, 0.4) is 0 Å². The average Bonchev–Trinajstić information content (AvgIpc) is 3.23. The molecule has 3 amide bonds. The second-order valence-corrected chi connectivity index (χ2v) is 7.82. The molecule has 2 aromatic carbocycles. The van der Waals surface area contributed by atoms with Crippen molar-refractivity contribution < 1.29 is 14.4 Å². The first-order valence-electron chi connectivity index (χ1n) is 8.85. The van der Waals surface area contributed by atoms with Gasteiger partial charge in [0.2, 0.25) is 11.8 Å². The minimum atomic E-state index is -0.973. The number of thiophene rings is 1. The van der Waals surface area contributed by atoms with Crippen molar-refractivity contribution in [3.05, 3.63) is 75.9 Å². The predicted octanol–water partition coefficient (Wildman–Crippen LogP) is 4.40. The molecule has 0 bridgehead atoms. The van der Waals surface area contributed by atoms with Gasteiger partial charge >= 0.3 is 0 Å². The summed E-state index contributed by atoms with van der Waals surface area (Å²) in [4.78, 5) is 40.5. The smallest absolute Gasteiger partial charge is 0.269 e. The summed E-state index contributed by atoms with van der Waals surface area (Å²) in [6.07, 6.45) is -0.191. The van der Waals surface area contributed by atoms with Crippen molar-refractivity contribution in [2.75, 3.05) is 15.5 Å². The number of rotatable bonds is 4. The molecule has 0 aliphatic carbocycles. The van der Waals surface area contributed by atoms with Crippen molar-refractivity contribution >= 4 is 57.7 Å². The first-order valence-corrected chi connectivity index (χ1v) is 10.1. The fraction of sp³-hybridized carbons (Fsp3) is 0.0952. The van der Waals surface area contributed by atoms with Crippen LogP contribution in [0.25, 0.3) is 0 Å². The summed E-state index contributed by atoms with van der Waals surface area (Å²) in [6, 6.07) is 16.3. The first-order chi connectivity index (χ1) is 14.0. The molecule has 6 nitrogen and oxygen atoms in total. The van der Waals surface area contributed by atoms with Crippen LogP contribution < -0.4 is 15.5 Å². The van der Waals surface area contributed by atoms with Gasteiger partial charge in [0.05, 0.1) is 22.7 Å². The SMILES string of the molecule is O=C(CC1C(=O)Nc2ccccc2N1C(=O)c1cccs1)Nc1cccc(Cl)c1. The third-order valence-electron chi connectivity index (χ3n) is 4.47. The van der Waals surface area contributed by atoms with Gasteiger partial charge in [-0.1, -0.05) is 35.9 Å². The van der Waals surface area contributed by atoms with Crippen LogP contribution in [-0.4, -0.2) is 23.8 Å². The Labute approximate surface area is 176 Å². The van der Waals surface area contributed by atoms with Crippen molar-refractivity contribution in [2.45, 2.75) is 12.5 Å². The van der Waals surface area contributed by atoms with Gasteiger partial charge in [-0.2, -0.15) is 0 Å². The number of fused-ring (bicyclic) bond motifs is 1. The first kappa shape index (κ1) is 19.2. The fourth-order valence-corrected chi connectivity index (χ4v) is 4.05. The Kier molecular flexibility index (Phi) is 5.33. The minimum Gasteiger partial charge on any atom is -0.326 e. The molecule has 1 aromatic heterocycles. The van der Waals surface area contributed by atoms with Crippen LogP contribution in [0.2, 0.25) is 5.02 Å². The third-order valence-corrected chi connectivity index (χ3v) is 5.57. The van der Waals surface area contributed by atoms with Crippen LogP contribution in [0, 0.1) is 0 Å². The van der Waals surface area contributed by atoms with E-state index >= 15 is 0 Å². The molecule has 0 spiro atoms. The van der Waals surface area contributed by atoms with E-state index in [2.05, 4.69) is 10.6 Å². The van der Waals surface area contributed by atoms with Gasteiger partial charge in [0, 0.05) is 10.7 Å².